The molecule has 0 spiro atoms. The maximum Gasteiger partial charge on any atom is 0.149 e. The minimum Gasteiger partial charge on any atom is -0.368 e. The highest BCUT2D eigenvalue weighted by Crippen LogP contribution is 2.38. The normalized spacial score (nSPS) is 22.0. The van der Waals surface area contributed by atoms with Crippen LogP contribution in [0, 0.1) is 0 Å². The molecule has 0 radical (unpaired) electrons. The van der Waals surface area contributed by atoms with Gasteiger partial charge in [-0.05, 0) is 51.5 Å². The van der Waals surface area contributed by atoms with E-state index in [0.717, 1.165) is 16.4 Å². The molecule has 1 N–H and O–H groups in total. The fourth-order valence-corrected chi connectivity index (χ4v) is 3.78. The predicted octanol–water partition coefficient (Wildman–Crippen LogP) is 3.32. The van der Waals surface area contributed by atoms with Gasteiger partial charge in [-0.15, -0.1) is 0 Å². The highest BCUT2D eigenvalue weighted by atomic mass is 32.2. The summed E-state index contributed by atoms with van der Waals surface area (Å²) in [7, 11) is 0. The van der Waals surface area contributed by atoms with Gasteiger partial charge in [0, 0.05) is 18.1 Å². The average molecular weight is 258 g/mol. The Labute approximate surface area is 109 Å². The molecular formula is C12H22N2S2. The van der Waals surface area contributed by atoms with E-state index >= 15 is 0 Å². The second kappa shape index (κ2) is 5.69. The molecule has 4 heteroatoms. The molecule has 0 aliphatic heterocycles. The molecule has 0 aromatic rings. The van der Waals surface area contributed by atoms with E-state index in [-0.39, 0.29) is 0 Å². The highest BCUT2D eigenvalue weighted by Gasteiger charge is 2.34. The Balaban J connectivity index is 1.83. The maximum absolute atomic E-state index is 5.40. The summed E-state index contributed by atoms with van der Waals surface area (Å²) in [6.45, 7) is 4.29. The van der Waals surface area contributed by atoms with Crippen molar-refractivity contribution in [2.24, 2.45) is 0 Å². The molecule has 0 atom stereocenters. The number of rotatable bonds is 4. The molecule has 2 aliphatic rings. The zero-order chi connectivity index (χ0) is 11.5. The molecule has 0 aromatic carbocycles. The standard InChI is InChI=1S/C12H22N2S2/c1-9(2)13-12(15)16-14(10-5-3-6-10)11-7-4-8-11/h9-11H,3-8H2,1-2H3,(H,13,15). The van der Waals surface area contributed by atoms with Crippen molar-refractivity contribution in [3.8, 4) is 0 Å². The van der Waals surface area contributed by atoms with Crippen LogP contribution in [0.4, 0.5) is 0 Å². The number of nitrogens with zero attached hydrogens (tertiary/aromatic N) is 1. The molecule has 0 bridgehead atoms. The van der Waals surface area contributed by atoms with Crippen LogP contribution in [0.25, 0.3) is 0 Å². The van der Waals surface area contributed by atoms with Crippen molar-refractivity contribution >= 4 is 28.5 Å². The summed E-state index contributed by atoms with van der Waals surface area (Å²) in [6.07, 6.45) is 8.28. The van der Waals surface area contributed by atoms with Gasteiger partial charge in [0.15, 0.2) is 0 Å². The van der Waals surface area contributed by atoms with Crippen LogP contribution in [0.1, 0.15) is 52.4 Å². The van der Waals surface area contributed by atoms with E-state index in [4.69, 9.17) is 12.2 Å². The topological polar surface area (TPSA) is 15.3 Å². The van der Waals surface area contributed by atoms with Crippen LogP contribution < -0.4 is 5.32 Å². The van der Waals surface area contributed by atoms with Crippen molar-refractivity contribution in [2.75, 3.05) is 0 Å². The Morgan fingerprint density at radius 1 is 1.19 bits per heavy atom. The van der Waals surface area contributed by atoms with Gasteiger partial charge in [0.25, 0.3) is 0 Å². The molecule has 2 nitrogen and oxygen atoms in total. The summed E-state index contributed by atoms with van der Waals surface area (Å²) in [4.78, 5) is 0. The molecule has 2 aliphatic carbocycles. The molecule has 0 aromatic heterocycles. The fraction of sp³-hybridized carbons (Fsp3) is 0.917. The van der Waals surface area contributed by atoms with E-state index in [0.29, 0.717) is 6.04 Å². The number of hydrogen-bond acceptors (Lipinski definition) is 3. The first-order valence-corrected chi connectivity index (χ1v) is 7.62. The van der Waals surface area contributed by atoms with Gasteiger partial charge in [0.1, 0.15) is 4.32 Å². The summed E-state index contributed by atoms with van der Waals surface area (Å²) in [5.74, 6) is 0. The summed E-state index contributed by atoms with van der Waals surface area (Å²) in [5.41, 5.74) is 0. The number of nitrogens with one attached hydrogen (secondary N) is 1. The monoisotopic (exact) mass is 258 g/mol. The minimum absolute atomic E-state index is 0.449. The van der Waals surface area contributed by atoms with Gasteiger partial charge in [-0.2, -0.15) is 0 Å². The van der Waals surface area contributed by atoms with Gasteiger partial charge < -0.3 is 5.32 Å². The summed E-state index contributed by atoms with van der Waals surface area (Å²) >= 11 is 7.19. The fourth-order valence-electron chi connectivity index (χ4n) is 2.09. The minimum atomic E-state index is 0.449. The second-order valence-corrected chi connectivity index (χ2v) is 6.89. The van der Waals surface area contributed by atoms with Crippen LogP contribution in [-0.4, -0.2) is 26.8 Å². The summed E-state index contributed by atoms with van der Waals surface area (Å²) in [6, 6.07) is 2.04. The average Bonchev–Trinajstić information content (AvgIpc) is 1.94. The van der Waals surface area contributed by atoms with Gasteiger partial charge in [-0.1, -0.05) is 25.1 Å². The zero-order valence-electron chi connectivity index (χ0n) is 10.2. The quantitative estimate of drug-likeness (QED) is 0.614. The molecule has 0 saturated heterocycles. The van der Waals surface area contributed by atoms with Crippen LogP contribution in [0.2, 0.25) is 0 Å². The SMILES string of the molecule is CC(C)NC(=S)SN(C1CCC1)C1CCC1. The van der Waals surface area contributed by atoms with Crippen molar-refractivity contribution in [2.45, 2.75) is 70.5 Å². The summed E-state index contributed by atoms with van der Waals surface area (Å²) < 4.78 is 3.54. The Morgan fingerprint density at radius 2 is 1.69 bits per heavy atom. The molecule has 92 valence electrons. The first kappa shape index (κ1) is 12.7. The molecule has 0 heterocycles. The third-order valence-electron chi connectivity index (χ3n) is 3.46. The van der Waals surface area contributed by atoms with Crippen molar-refractivity contribution in [1.82, 2.24) is 9.62 Å². The number of thiocarbonyl (C=S) groups is 1. The lowest BCUT2D eigenvalue weighted by molar-refractivity contribution is 0.138. The molecule has 0 amide bonds. The lowest BCUT2D eigenvalue weighted by atomic mass is 9.87. The lowest BCUT2D eigenvalue weighted by Gasteiger charge is -2.45. The van der Waals surface area contributed by atoms with E-state index in [1.165, 1.54) is 38.5 Å². The predicted molar refractivity (Wildman–Crippen MR) is 75.6 cm³/mol. The van der Waals surface area contributed by atoms with Crippen LogP contribution in [0.3, 0.4) is 0 Å². The largest absolute Gasteiger partial charge is 0.368 e. The molecule has 2 fully saturated rings. The maximum atomic E-state index is 5.40. The summed E-state index contributed by atoms with van der Waals surface area (Å²) in [5, 5.41) is 3.33. The van der Waals surface area contributed by atoms with Gasteiger partial charge in [0.05, 0.1) is 0 Å². The van der Waals surface area contributed by atoms with Crippen molar-refractivity contribution in [3.05, 3.63) is 0 Å². The second-order valence-electron chi connectivity index (χ2n) is 5.21. The Kier molecular flexibility index (Phi) is 4.50. The van der Waals surface area contributed by atoms with E-state index in [2.05, 4.69) is 23.5 Å². The Hall–Kier alpha value is 0.200. The highest BCUT2D eigenvalue weighted by molar-refractivity contribution is 8.21. The van der Waals surface area contributed by atoms with Crippen LogP contribution in [-0.2, 0) is 0 Å². The first-order chi connectivity index (χ1) is 7.66. The van der Waals surface area contributed by atoms with Gasteiger partial charge >= 0.3 is 0 Å². The van der Waals surface area contributed by atoms with Crippen LogP contribution in [0.5, 0.6) is 0 Å². The third kappa shape index (κ3) is 3.11. The lowest BCUT2D eigenvalue weighted by Crippen LogP contribution is -2.47. The van der Waals surface area contributed by atoms with E-state index in [9.17, 15) is 0 Å². The Bertz CT molecular complexity index is 233. The first-order valence-electron chi connectivity index (χ1n) is 6.43. The molecule has 16 heavy (non-hydrogen) atoms. The molecular weight excluding hydrogens is 236 g/mol. The van der Waals surface area contributed by atoms with E-state index in [1.54, 1.807) is 11.9 Å². The molecule has 0 unspecified atom stereocenters. The number of hydrogen-bond donors (Lipinski definition) is 1. The Morgan fingerprint density at radius 3 is 2.00 bits per heavy atom. The van der Waals surface area contributed by atoms with E-state index < -0.39 is 0 Å². The third-order valence-corrected chi connectivity index (χ3v) is 4.90. The zero-order valence-corrected chi connectivity index (χ0v) is 11.9. The van der Waals surface area contributed by atoms with Crippen molar-refractivity contribution in [1.29, 1.82) is 0 Å². The smallest absolute Gasteiger partial charge is 0.149 e. The van der Waals surface area contributed by atoms with Crippen LogP contribution in [0.15, 0.2) is 0 Å². The molecule has 2 saturated carbocycles. The van der Waals surface area contributed by atoms with Crippen molar-refractivity contribution in [3.63, 3.8) is 0 Å². The van der Waals surface area contributed by atoms with Gasteiger partial charge in [-0.25, -0.2) is 4.31 Å². The van der Waals surface area contributed by atoms with Gasteiger partial charge in [0.2, 0.25) is 0 Å². The van der Waals surface area contributed by atoms with E-state index in [1.807, 2.05) is 0 Å². The van der Waals surface area contributed by atoms with Crippen molar-refractivity contribution < 1.29 is 0 Å². The van der Waals surface area contributed by atoms with Gasteiger partial charge in [-0.3, -0.25) is 0 Å². The molecule has 2 rings (SSSR count). The van der Waals surface area contributed by atoms with Crippen LogP contribution >= 0.6 is 24.2 Å².